The van der Waals surface area contributed by atoms with Crippen molar-refractivity contribution in [2.24, 2.45) is 0 Å². The molecule has 0 unspecified atom stereocenters. The van der Waals surface area contributed by atoms with Gasteiger partial charge in [-0.3, -0.25) is 4.79 Å². The Balaban J connectivity index is 1.69. The number of amides is 1. The molecule has 142 valence electrons. The first-order valence-corrected chi connectivity index (χ1v) is 9.26. The third-order valence-electron chi connectivity index (χ3n) is 4.66. The summed E-state index contributed by atoms with van der Waals surface area (Å²) in [5.74, 6) is -0.0701. The number of hydrogen-bond acceptors (Lipinski definition) is 3. The molecule has 0 radical (unpaired) electrons. The number of carbonyl (C=O) groups excluding carboxylic acids is 1. The van der Waals surface area contributed by atoms with Gasteiger partial charge < -0.3 is 19.2 Å². The standard InChI is InChI=1S/C22H23N5O/c1-25(2)13-11-23-22(28)18-14-21(27-12-7-6-10-20(18)27)19-15-26(16-24-19)17-8-4-3-5-9-17/h3-10,12,14-16H,11,13H2,1-2H3,(H,23,28). The predicted molar refractivity (Wildman–Crippen MR) is 111 cm³/mol. The molecule has 3 aromatic heterocycles. The van der Waals surface area contributed by atoms with E-state index in [1.165, 1.54) is 0 Å². The maximum Gasteiger partial charge on any atom is 0.253 e. The largest absolute Gasteiger partial charge is 0.351 e. The minimum atomic E-state index is -0.0701. The molecule has 6 nitrogen and oxygen atoms in total. The second kappa shape index (κ2) is 7.70. The first-order chi connectivity index (χ1) is 13.6. The highest BCUT2D eigenvalue weighted by Crippen LogP contribution is 2.26. The number of imidazole rings is 1. The number of para-hydroxylation sites is 1. The first kappa shape index (κ1) is 18.0. The van der Waals surface area contributed by atoms with E-state index in [1.807, 2.05) is 95.0 Å². The van der Waals surface area contributed by atoms with E-state index >= 15 is 0 Å². The van der Waals surface area contributed by atoms with Crippen LogP contribution in [0.2, 0.25) is 0 Å². The Morgan fingerprint density at radius 3 is 2.68 bits per heavy atom. The molecule has 0 saturated carbocycles. The zero-order valence-corrected chi connectivity index (χ0v) is 16.0. The van der Waals surface area contributed by atoms with Crippen LogP contribution in [0, 0.1) is 0 Å². The fourth-order valence-electron chi connectivity index (χ4n) is 3.22. The third-order valence-corrected chi connectivity index (χ3v) is 4.66. The van der Waals surface area contributed by atoms with Crippen LogP contribution in [0.15, 0.2) is 73.3 Å². The molecular weight excluding hydrogens is 350 g/mol. The van der Waals surface area contributed by atoms with Gasteiger partial charge in [-0.15, -0.1) is 0 Å². The number of hydrogen-bond donors (Lipinski definition) is 1. The minimum absolute atomic E-state index is 0.0701. The number of rotatable bonds is 6. The van der Waals surface area contributed by atoms with Crippen LogP contribution in [0.3, 0.4) is 0 Å². The number of fused-ring (bicyclic) bond motifs is 1. The maximum absolute atomic E-state index is 12.7. The van der Waals surface area contributed by atoms with E-state index < -0.39 is 0 Å². The van der Waals surface area contributed by atoms with Crippen molar-refractivity contribution >= 4 is 11.4 Å². The summed E-state index contributed by atoms with van der Waals surface area (Å²) in [6, 6.07) is 17.8. The molecular formula is C22H23N5O. The Labute approximate surface area is 164 Å². The van der Waals surface area contributed by atoms with Crippen molar-refractivity contribution < 1.29 is 4.79 Å². The second-order valence-corrected chi connectivity index (χ2v) is 6.96. The molecule has 1 amide bonds. The van der Waals surface area contributed by atoms with E-state index in [4.69, 9.17) is 0 Å². The SMILES string of the molecule is CN(C)CCNC(=O)c1cc(-c2cn(-c3ccccc3)cn2)n2ccccc12. The fourth-order valence-corrected chi connectivity index (χ4v) is 3.22. The normalized spacial score (nSPS) is 11.2. The lowest BCUT2D eigenvalue weighted by atomic mass is 10.2. The van der Waals surface area contributed by atoms with Crippen LogP contribution in [-0.2, 0) is 0 Å². The zero-order valence-electron chi connectivity index (χ0n) is 16.0. The molecule has 4 aromatic rings. The monoisotopic (exact) mass is 373 g/mol. The molecule has 0 fully saturated rings. The van der Waals surface area contributed by atoms with E-state index in [0.717, 1.165) is 29.1 Å². The minimum Gasteiger partial charge on any atom is -0.351 e. The number of benzene rings is 1. The third kappa shape index (κ3) is 3.54. The van der Waals surface area contributed by atoms with Gasteiger partial charge in [0.25, 0.3) is 5.91 Å². The van der Waals surface area contributed by atoms with Crippen molar-refractivity contribution in [2.45, 2.75) is 0 Å². The number of pyridine rings is 1. The lowest BCUT2D eigenvalue weighted by Crippen LogP contribution is -2.31. The average Bonchev–Trinajstić information content (AvgIpc) is 3.33. The second-order valence-electron chi connectivity index (χ2n) is 6.96. The number of aromatic nitrogens is 3. The molecule has 6 heteroatoms. The Kier molecular flexibility index (Phi) is 4.95. The fraction of sp³-hybridized carbons (Fsp3) is 0.182. The molecule has 1 aromatic carbocycles. The van der Waals surface area contributed by atoms with Crippen molar-refractivity contribution in [3.8, 4) is 17.1 Å². The molecule has 0 spiro atoms. The van der Waals surface area contributed by atoms with E-state index in [1.54, 1.807) is 6.33 Å². The quantitative estimate of drug-likeness (QED) is 0.565. The summed E-state index contributed by atoms with van der Waals surface area (Å²) < 4.78 is 3.99. The summed E-state index contributed by atoms with van der Waals surface area (Å²) in [4.78, 5) is 19.4. The van der Waals surface area contributed by atoms with Crippen molar-refractivity contribution in [1.29, 1.82) is 0 Å². The van der Waals surface area contributed by atoms with E-state index in [2.05, 4.69) is 10.3 Å². The van der Waals surface area contributed by atoms with Crippen molar-refractivity contribution in [3.05, 3.63) is 78.9 Å². The van der Waals surface area contributed by atoms with Gasteiger partial charge in [0.2, 0.25) is 0 Å². The van der Waals surface area contributed by atoms with Gasteiger partial charge in [-0.2, -0.15) is 0 Å². The summed E-state index contributed by atoms with van der Waals surface area (Å²) >= 11 is 0. The van der Waals surface area contributed by atoms with Gasteiger partial charge in [-0.1, -0.05) is 24.3 Å². The van der Waals surface area contributed by atoms with Gasteiger partial charge in [-0.25, -0.2) is 4.98 Å². The molecule has 28 heavy (non-hydrogen) atoms. The van der Waals surface area contributed by atoms with Gasteiger partial charge in [0.15, 0.2) is 0 Å². The molecule has 0 aliphatic heterocycles. The van der Waals surface area contributed by atoms with Crippen LogP contribution in [-0.4, -0.2) is 51.9 Å². The number of likely N-dealkylation sites (N-methyl/N-ethyl adjacent to an activating group) is 1. The molecule has 4 rings (SSSR count). The van der Waals surface area contributed by atoms with E-state index in [0.29, 0.717) is 12.1 Å². The van der Waals surface area contributed by atoms with Gasteiger partial charge >= 0.3 is 0 Å². The molecule has 0 saturated heterocycles. The van der Waals surface area contributed by atoms with Crippen LogP contribution >= 0.6 is 0 Å². The van der Waals surface area contributed by atoms with Crippen LogP contribution in [0.1, 0.15) is 10.4 Å². The Hall–Kier alpha value is -3.38. The first-order valence-electron chi connectivity index (χ1n) is 9.26. The smallest absolute Gasteiger partial charge is 0.253 e. The molecule has 3 heterocycles. The highest BCUT2D eigenvalue weighted by molar-refractivity contribution is 6.02. The summed E-state index contributed by atoms with van der Waals surface area (Å²) in [7, 11) is 3.97. The van der Waals surface area contributed by atoms with E-state index in [9.17, 15) is 4.79 Å². The zero-order chi connectivity index (χ0) is 19.5. The van der Waals surface area contributed by atoms with Crippen LogP contribution in [0.5, 0.6) is 0 Å². The predicted octanol–water partition coefficient (Wildman–Crippen LogP) is 3.08. The molecule has 0 bridgehead atoms. The van der Waals surface area contributed by atoms with Crippen molar-refractivity contribution in [2.75, 3.05) is 27.2 Å². The summed E-state index contributed by atoms with van der Waals surface area (Å²) in [5, 5.41) is 3.00. The van der Waals surface area contributed by atoms with Crippen LogP contribution in [0.25, 0.3) is 22.6 Å². The Morgan fingerprint density at radius 2 is 1.89 bits per heavy atom. The average molecular weight is 373 g/mol. The molecule has 0 aliphatic rings. The highest BCUT2D eigenvalue weighted by atomic mass is 16.1. The Morgan fingerprint density at radius 1 is 1.11 bits per heavy atom. The lowest BCUT2D eigenvalue weighted by Gasteiger charge is -2.10. The topological polar surface area (TPSA) is 54.6 Å². The summed E-state index contributed by atoms with van der Waals surface area (Å²) in [6.45, 7) is 1.40. The Bertz CT molecular complexity index is 1090. The molecule has 1 N–H and O–H groups in total. The molecule has 0 atom stereocenters. The van der Waals surface area contributed by atoms with Gasteiger partial charge in [0, 0.05) is 31.2 Å². The number of carbonyl (C=O) groups is 1. The van der Waals surface area contributed by atoms with Crippen molar-refractivity contribution in [3.63, 3.8) is 0 Å². The van der Waals surface area contributed by atoms with Crippen molar-refractivity contribution in [1.82, 2.24) is 24.2 Å². The molecule has 0 aliphatic carbocycles. The summed E-state index contributed by atoms with van der Waals surface area (Å²) in [6.07, 6.45) is 5.74. The van der Waals surface area contributed by atoms with Crippen LogP contribution in [0.4, 0.5) is 0 Å². The highest BCUT2D eigenvalue weighted by Gasteiger charge is 2.17. The van der Waals surface area contributed by atoms with Gasteiger partial charge in [0.1, 0.15) is 5.69 Å². The van der Waals surface area contributed by atoms with Gasteiger partial charge in [-0.05, 0) is 44.4 Å². The van der Waals surface area contributed by atoms with Crippen LogP contribution < -0.4 is 5.32 Å². The summed E-state index contributed by atoms with van der Waals surface area (Å²) in [5.41, 5.74) is 4.28. The number of nitrogens with one attached hydrogen (secondary N) is 1. The maximum atomic E-state index is 12.7. The lowest BCUT2D eigenvalue weighted by molar-refractivity contribution is 0.0953. The van der Waals surface area contributed by atoms with Gasteiger partial charge in [0.05, 0.1) is 23.1 Å². The number of nitrogens with zero attached hydrogens (tertiary/aromatic N) is 4. The van der Waals surface area contributed by atoms with E-state index in [-0.39, 0.29) is 5.91 Å².